The molecule has 0 aliphatic carbocycles. The quantitative estimate of drug-likeness (QED) is 0.378. The lowest BCUT2D eigenvalue weighted by Gasteiger charge is -2.52. The molecule has 5 heteroatoms. The number of ether oxygens (including phenoxy) is 1. The Kier molecular flexibility index (Phi) is 7.53. The van der Waals surface area contributed by atoms with Crippen LogP contribution in [-0.2, 0) is 8.85 Å². The number of hydrogen-bond acceptors (Lipinski definition) is 4. The van der Waals surface area contributed by atoms with Gasteiger partial charge in [-0.05, 0) is 35.4 Å². The average molecular weight is 454 g/mol. The largest absolute Gasteiger partial charge is 0.493 e. The SMILES string of the molecule is CNc1ccc(/C=C/c2ccc(OCC3CO[Si](C(C)(C)C)(C(C)(C)C)OC3)cc2)cc1. The minimum absolute atomic E-state index is 0.0232. The summed E-state index contributed by atoms with van der Waals surface area (Å²) in [6.45, 7) is 15.5. The minimum atomic E-state index is -2.35. The van der Waals surface area contributed by atoms with Gasteiger partial charge in [0.2, 0.25) is 0 Å². The first-order valence-electron chi connectivity index (χ1n) is 11.5. The van der Waals surface area contributed by atoms with E-state index in [0.29, 0.717) is 19.8 Å². The van der Waals surface area contributed by atoms with Crippen molar-refractivity contribution in [2.24, 2.45) is 5.92 Å². The first-order valence-corrected chi connectivity index (χ1v) is 13.3. The van der Waals surface area contributed by atoms with Crippen LogP contribution in [0.2, 0.25) is 10.1 Å². The highest BCUT2D eigenvalue weighted by molar-refractivity contribution is 6.73. The summed E-state index contributed by atoms with van der Waals surface area (Å²) in [5.41, 5.74) is 3.43. The summed E-state index contributed by atoms with van der Waals surface area (Å²) in [6, 6.07) is 16.6. The lowest BCUT2D eigenvalue weighted by Crippen LogP contribution is -2.61. The van der Waals surface area contributed by atoms with E-state index in [1.54, 1.807) is 0 Å². The molecule has 1 aliphatic heterocycles. The van der Waals surface area contributed by atoms with Crippen molar-refractivity contribution in [2.45, 2.75) is 51.6 Å². The lowest BCUT2D eigenvalue weighted by atomic mass is 10.1. The molecule has 32 heavy (non-hydrogen) atoms. The molecule has 1 fully saturated rings. The van der Waals surface area contributed by atoms with Crippen LogP contribution in [0.15, 0.2) is 48.5 Å². The second kappa shape index (κ2) is 9.82. The van der Waals surface area contributed by atoms with E-state index in [2.05, 4.69) is 95.4 Å². The Labute approximate surface area is 195 Å². The van der Waals surface area contributed by atoms with E-state index in [-0.39, 0.29) is 16.0 Å². The van der Waals surface area contributed by atoms with Crippen LogP contribution >= 0.6 is 0 Å². The molecule has 0 atom stereocenters. The van der Waals surface area contributed by atoms with Gasteiger partial charge >= 0.3 is 8.56 Å². The summed E-state index contributed by atoms with van der Waals surface area (Å²) < 4.78 is 19.1. The van der Waals surface area contributed by atoms with Crippen LogP contribution in [0.1, 0.15) is 52.7 Å². The van der Waals surface area contributed by atoms with Crippen molar-refractivity contribution in [3.8, 4) is 5.75 Å². The van der Waals surface area contributed by atoms with E-state index in [4.69, 9.17) is 13.6 Å². The van der Waals surface area contributed by atoms with E-state index in [9.17, 15) is 0 Å². The van der Waals surface area contributed by atoms with Gasteiger partial charge in [-0.2, -0.15) is 0 Å². The first kappa shape index (κ1) is 24.6. The predicted molar refractivity (Wildman–Crippen MR) is 137 cm³/mol. The lowest BCUT2D eigenvalue weighted by molar-refractivity contribution is 0.0145. The predicted octanol–water partition coefficient (Wildman–Crippen LogP) is 6.98. The maximum Gasteiger partial charge on any atom is 0.349 e. The monoisotopic (exact) mass is 453 g/mol. The van der Waals surface area contributed by atoms with Crippen LogP contribution in [0.25, 0.3) is 12.2 Å². The summed E-state index contributed by atoms with van der Waals surface area (Å²) in [4.78, 5) is 0. The molecule has 0 radical (unpaired) electrons. The topological polar surface area (TPSA) is 39.7 Å². The minimum Gasteiger partial charge on any atom is -0.493 e. The molecule has 0 saturated carbocycles. The smallest absolute Gasteiger partial charge is 0.349 e. The third-order valence-electron chi connectivity index (χ3n) is 6.05. The van der Waals surface area contributed by atoms with Crippen LogP contribution in [0.5, 0.6) is 5.75 Å². The zero-order valence-corrected chi connectivity index (χ0v) is 21.7. The highest BCUT2D eigenvalue weighted by Gasteiger charge is 2.59. The molecule has 2 aromatic rings. The Bertz CT molecular complexity index is 868. The Balaban J connectivity index is 1.52. The number of anilines is 1. The van der Waals surface area contributed by atoms with Crippen molar-refractivity contribution in [3.63, 3.8) is 0 Å². The van der Waals surface area contributed by atoms with Crippen molar-refractivity contribution in [1.82, 2.24) is 0 Å². The Hall–Kier alpha value is -2.08. The number of hydrogen-bond donors (Lipinski definition) is 1. The number of benzene rings is 2. The highest BCUT2D eigenvalue weighted by atomic mass is 28.4. The average Bonchev–Trinajstić information content (AvgIpc) is 2.76. The Morgan fingerprint density at radius 1 is 0.844 bits per heavy atom. The van der Waals surface area contributed by atoms with Gasteiger partial charge in [-0.15, -0.1) is 0 Å². The molecule has 1 saturated heterocycles. The molecule has 3 rings (SSSR count). The van der Waals surface area contributed by atoms with Gasteiger partial charge in [0.25, 0.3) is 0 Å². The van der Waals surface area contributed by atoms with Gasteiger partial charge in [-0.3, -0.25) is 0 Å². The van der Waals surface area contributed by atoms with E-state index in [1.165, 1.54) is 5.56 Å². The third-order valence-corrected chi connectivity index (χ3v) is 11.1. The van der Waals surface area contributed by atoms with Gasteiger partial charge in [-0.1, -0.05) is 78.0 Å². The van der Waals surface area contributed by atoms with E-state index < -0.39 is 8.56 Å². The molecular weight excluding hydrogens is 414 g/mol. The zero-order chi connectivity index (χ0) is 23.4. The highest BCUT2D eigenvalue weighted by Crippen LogP contribution is 2.53. The van der Waals surface area contributed by atoms with Gasteiger partial charge in [-0.25, -0.2) is 0 Å². The summed E-state index contributed by atoms with van der Waals surface area (Å²) in [7, 11) is -0.427. The summed E-state index contributed by atoms with van der Waals surface area (Å²) in [5.74, 6) is 1.13. The molecule has 0 amide bonds. The van der Waals surface area contributed by atoms with Crippen LogP contribution in [0, 0.1) is 5.92 Å². The molecule has 174 valence electrons. The number of nitrogens with one attached hydrogen (secondary N) is 1. The summed E-state index contributed by atoms with van der Waals surface area (Å²) >= 11 is 0. The molecule has 0 spiro atoms. The van der Waals surface area contributed by atoms with Crippen molar-refractivity contribution >= 4 is 26.4 Å². The fraction of sp³-hybridized carbons (Fsp3) is 0.481. The molecule has 0 unspecified atom stereocenters. The fourth-order valence-electron chi connectivity index (χ4n) is 4.49. The van der Waals surface area contributed by atoms with Gasteiger partial charge < -0.3 is 18.9 Å². The third kappa shape index (κ3) is 5.63. The van der Waals surface area contributed by atoms with Crippen LogP contribution < -0.4 is 10.1 Å². The summed E-state index contributed by atoms with van der Waals surface area (Å²) in [5, 5.41) is 3.18. The normalized spacial score (nSPS) is 17.5. The standard InChI is InChI=1S/C27H39NO3Si/c1-26(2,3)32(27(4,5)6)30-19-23(20-31-32)18-29-25-16-12-22(13-17-25)9-8-21-10-14-24(28-7)15-11-21/h8-17,23,28H,18-20H2,1-7H3/b9-8+. The molecule has 1 aliphatic rings. The molecule has 0 bridgehead atoms. The summed E-state index contributed by atoms with van der Waals surface area (Å²) in [6.07, 6.45) is 4.23. The van der Waals surface area contributed by atoms with Gasteiger partial charge in [0.15, 0.2) is 0 Å². The van der Waals surface area contributed by atoms with Gasteiger partial charge in [0.05, 0.1) is 6.61 Å². The van der Waals surface area contributed by atoms with E-state index in [1.807, 2.05) is 19.2 Å². The van der Waals surface area contributed by atoms with Gasteiger partial charge in [0.1, 0.15) is 5.75 Å². The fourth-order valence-corrected chi connectivity index (χ4v) is 9.50. The Morgan fingerprint density at radius 3 is 1.75 bits per heavy atom. The molecule has 1 heterocycles. The van der Waals surface area contributed by atoms with Crippen molar-refractivity contribution < 1.29 is 13.6 Å². The van der Waals surface area contributed by atoms with Crippen molar-refractivity contribution in [2.75, 3.05) is 32.2 Å². The zero-order valence-electron chi connectivity index (χ0n) is 20.7. The maximum atomic E-state index is 6.53. The maximum absolute atomic E-state index is 6.53. The van der Waals surface area contributed by atoms with E-state index in [0.717, 1.165) is 17.0 Å². The Morgan fingerprint density at radius 2 is 1.31 bits per heavy atom. The van der Waals surface area contributed by atoms with Crippen molar-refractivity contribution in [1.29, 1.82) is 0 Å². The van der Waals surface area contributed by atoms with Gasteiger partial charge in [0, 0.05) is 41.9 Å². The molecule has 2 aromatic carbocycles. The van der Waals surface area contributed by atoms with Crippen molar-refractivity contribution in [3.05, 3.63) is 59.7 Å². The van der Waals surface area contributed by atoms with Crippen LogP contribution in [0.3, 0.4) is 0 Å². The molecule has 0 aromatic heterocycles. The second-order valence-corrected chi connectivity index (χ2v) is 15.5. The molecular formula is C27H39NO3Si. The number of rotatable bonds is 6. The van der Waals surface area contributed by atoms with Crippen LogP contribution in [-0.4, -0.2) is 35.4 Å². The van der Waals surface area contributed by atoms with Crippen LogP contribution in [0.4, 0.5) is 5.69 Å². The van der Waals surface area contributed by atoms with E-state index >= 15 is 0 Å². The molecule has 4 nitrogen and oxygen atoms in total. The first-order chi connectivity index (χ1) is 15.0. The molecule has 1 N–H and O–H groups in total. The second-order valence-electron chi connectivity index (χ2n) is 10.7.